The summed E-state index contributed by atoms with van der Waals surface area (Å²) in [7, 11) is -0.243. The predicted octanol–water partition coefficient (Wildman–Crippen LogP) is 2.23. The van der Waals surface area contributed by atoms with Crippen LogP contribution >= 0.6 is 0 Å². The van der Waals surface area contributed by atoms with Crippen molar-refractivity contribution in [1.29, 1.82) is 0 Å². The van der Waals surface area contributed by atoms with E-state index in [-0.39, 0.29) is 7.69 Å². The molecule has 0 amide bonds. The first kappa shape index (κ1) is 10.2. The molecule has 3 heteroatoms. The molecule has 1 aromatic carbocycles. The summed E-state index contributed by atoms with van der Waals surface area (Å²) in [6.45, 7) is 0. The topological polar surface area (TPSA) is 29.5 Å². The molecule has 1 N–H and O–H groups in total. The third-order valence-corrected chi connectivity index (χ3v) is 4.28. The van der Waals surface area contributed by atoms with E-state index in [9.17, 15) is 0 Å². The van der Waals surface area contributed by atoms with Gasteiger partial charge in [0.05, 0.1) is 0 Å². The minimum atomic E-state index is -0.243. The van der Waals surface area contributed by atoms with Gasteiger partial charge in [-0.15, -0.1) is 0 Å². The van der Waals surface area contributed by atoms with Crippen molar-refractivity contribution in [2.45, 2.75) is 31.6 Å². The van der Waals surface area contributed by atoms with Gasteiger partial charge in [-0.1, -0.05) is 18.6 Å². The van der Waals surface area contributed by atoms with Crippen LogP contribution in [0.1, 0.15) is 37.2 Å². The molecule has 2 nitrogen and oxygen atoms in total. The molecule has 0 spiro atoms. The van der Waals surface area contributed by atoms with Gasteiger partial charge in [0.1, 0.15) is 5.75 Å². The lowest BCUT2D eigenvalue weighted by molar-refractivity contribution is 0.419. The molecular weight excluding hydrogens is 199 g/mol. The van der Waals surface area contributed by atoms with E-state index in [1.807, 2.05) is 12.1 Å². The molecule has 2 aliphatic rings. The van der Waals surface area contributed by atoms with Crippen molar-refractivity contribution in [3.05, 3.63) is 29.8 Å². The van der Waals surface area contributed by atoms with Crippen LogP contribution in [-0.4, -0.2) is 12.7 Å². The zero-order valence-corrected chi connectivity index (χ0v) is 9.43. The van der Waals surface area contributed by atoms with Gasteiger partial charge in [0.25, 0.3) is 0 Å². The fraction of sp³-hybridized carbons (Fsp3) is 0.538. The normalized spacial score (nSPS) is 31.7. The Kier molecular flexibility index (Phi) is 2.64. The van der Waals surface area contributed by atoms with E-state index in [1.165, 1.54) is 31.2 Å². The summed E-state index contributed by atoms with van der Waals surface area (Å²) in [5, 5.41) is 8.66. The first-order valence-electron chi connectivity index (χ1n) is 6.20. The molecule has 0 aromatic heterocycles. The van der Waals surface area contributed by atoms with Crippen LogP contribution < -0.4 is 4.65 Å². The third kappa shape index (κ3) is 1.73. The number of benzene rings is 1. The van der Waals surface area contributed by atoms with Gasteiger partial charge in [0, 0.05) is 0 Å². The molecular formula is C13H17BO2. The molecule has 0 saturated heterocycles. The molecule has 3 atom stereocenters. The fourth-order valence-electron chi connectivity index (χ4n) is 3.54. The highest BCUT2D eigenvalue weighted by molar-refractivity contribution is 6.17. The summed E-state index contributed by atoms with van der Waals surface area (Å²) in [4.78, 5) is 0. The Morgan fingerprint density at radius 1 is 1.12 bits per heavy atom. The van der Waals surface area contributed by atoms with Crippen molar-refractivity contribution in [2.24, 2.45) is 11.8 Å². The lowest BCUT2D eigenvalue weighted by Crippen LogP contribution is -2.08. The average molecular weight is 216 g/mol. The van der Waals surface area contributed by atoms with Crippen LogP contribution in [0.4, 0.5) is 0 Å². The minimum Gasteiger partial charge on any atom is -0.539 e. The Morgan fingerprint density at radius 2 is 1.94 bits per heavy atom. The molecule has 1 aromatic rings. The number of fused-ring (bicyclic) bond motifs is 2. The van der Waals surface area contributed by atoms with Crippen molar-refractivity contribution in [1.82, 2.24) is 0 Å². The molecule has 3 rings (SSSR count). The van der Waals surface area contributed by atoms with E-state index < -0.39 is 0 Å². The quantitative estimate of drug-likeness (QED) is 0.785. The van der Waals surface area contributed by atoms with E-state index in [4.69, 9.17) is 9.68 Å². The summed E-state index contributed by atoms with van der Waals surface area (Å²) >= 11 is 0. The summed E-state index contributed by atoms with van der Waals surface area (Å²) in [6.07, 6.45) is 5.70. The van der Waals surface area contributed by atoms with Crippen molar-refractivity contribution in [2.75, 3.05) is 0 Å². The molecule has 0 heterocycles. The van der Waals surface area contributed by atoms with E-state index in [2.05, 4.69) is 12.1 Å². The second-order valence-corrected chi connectivity index (χ2v) is 5.12. The number of rotatable bonds is 3. The number of hydrogen-bond donors (Lipinski definition) is 1. The molecule has 2 bridgehead atoms. The first-order valence-corrected chi connectivity index (χ1v) is 6.20. The highest BCUT2D eigenvalue weighted by Crippen LogP contribution is 2.52. The van der Waals surface area contributed by atoms with Gasteiger partial charge < -0.3 is 9.68 Å². The Bertz CT molecular complexity index is 363. The van der Waals surface area contributed by atoms with Crippen LogP contribution in [0.2, 0.25) is 0 Å². The highest BCUT2D eigenvalue weighted by atomic mass is 16.5. The van der Waals surface area contributed by atoms with Crippen LogP contribution in [0.3, 0.4) is 0 Å². The maximum atomic E-state index is 8.66. The van der Waals surface area contributed by atoms with Crippen LogP contribution in [0.25, 0.3) is 0 Å². The molecule has 2 aliphatic carbocycles. The van der Waals surface area contributed by atoms with Gasteiger partial charge in [-0.3, -0.25) is 0 Å². The molecule has 84 valence electrons. The maximum Gasteiger partial charge on any atom is 0.504 e. The average Bonchev–Trinajstić information content (AvgIpc) is 2.92. The fourth-order valence-corrected chi connectivity index (χ4v) is 3.54. The van der Waals surface area contributed by atoms with Gasteiger partial charge in [-0.05, 0) is 54.7 Å². The predicted molar refractivity (Wildman–Crippen MR) is 64.6 cm³/mol. The van der Waals surface area contributed by atoms with E-state index in [1.54, 1.807) is 0 Å². The summed E-state index contributed by atoms with van der Waals surface area (Å²) in [6, 6.07) is 8.27. The van der Waals surface area contributed by atoms with Crippen LogP contribution in [0, 0.1) is 11.8 Å². The lowest BCUT2D eigenvalue weighted by atomic mass is 9.83. The molecule has 0 aliphatic heterocycles. The largest absolute Gasteiger partial charge is 0.539 e. The SMILES string of the molecule is OBOc1ccc(C2CC3CCC2C3)cc1. The molecule has 0 radical (unpaired) electrons. The van der Waals surface area contributed by atoms with Gasteiger partial charge in [-0.25, -0.2) is 0 Å². The lowest BCUT2D eigenvalue weighted by Gasteiger charge is -2.22. The van der Waals surface area contributed by atoms with E-state index in [0.717, 1.165) is 23.5 Å². The van der Waals surface area contributed by atoms with E-state index >= 15 is 0 Å². The van der Waals surface area contributed by atoms with Gasteiger partial charge >= 0.3 is 7.69 Å². The number of hydrogen-bond acceptors (Lipinski definition) is 2. The van der Waals surface area contributed by atoms with Crippen molar-refractivity contribution in [3.63, 3.8) is 0 Å². The highest BCUT2D eigenvalue weighted by Gasteiger charge is 2.39. The Balaban J connectivity index is 1.75. The van der Waals surface area contributed by atoms with E-state index in [0.29, 0.717) is 0 Å². The van der Waals surface area contributed by atoms with Gasteiger partial charge in [-0.2, -0.15) is 0 Å². The smallest absolute Gasteiger partial charge is 0.504 e. The zero-order valence-electron chi connectivity index (χ0n) is 9.43. The Labute approximate surface area is 96.9 Å². The molecule has 3 unspecified atom stereocenters. The van der Waals surface area contributed by atoms with Crippen molar-refractivity contribution in [3.8, 4) is 5.75 Å². The molecule has 2 fully saturated rings. The van der Waals surface area contributed by atoms with Crippen molar-refractivity contribution >= 4 is 7.69 Å². The van der Waals surface area contributed by atoms with Crippen LogP contribution in [-0.2, 0) is 0 Å². The van der Waals surface area contributed by atoms with Gasteiger partial charge in [0.15, 0.2) is 0 Å². The monoisotopic (exact) mass is 216 g/mol. The summed E-state index contributed by atoms with van der Waals surface area (Å²) in [5.74, 6) is 3.45. The first-order chi connectivity index (χ1) is 7.86. The second-order valence-electron chi connectivity index (χ2n) is 5.12. The summed E-state index contributed by atoms with van der Waals surface area (Å²) in [5.41, 5.74) is 1.46. The minimum absolute atomic E-state index is 0.243. The Morgan fingerprint density at radius 3 is 2.50 bits per heavy atom. The van der Waals surface area contributed by atoms with Crippen LogP contribution in [0.5, 0.6) is 5.75 Å². The zero-order chi connectivity index (χ0) is 11.0. The van der Waals surface area contributed by atoms with Crippen LogP contribution in [0.15, 0.2) is 24.3 Å². The Hall–Kier alpha value is -0.955. The third-order valence-electron chi connectivity index (χ3n) is 4.28. The van der Waals surface area contributed by atoms with Gasteiger partial charge in [0.2, 0.25) is 0 Å². The molecule has 2 saturated carbocycles. The van der Waals surface area contributed by atoms with Crippen molar-refractivity contribution < 1.29 is 9.68 Å². The standard InChI is InChI=1S/C13H17BO2/c15-14-16-12-5-3-10(4-6-12)13-8-9-1-2-11(13)7-9/h3-6,9,11,13-15H,1-2,7-8H2. The molecule has 16 heavy (non-hydrogen) atoms. The summed E-state index contributed by atoms with van der Waals surface area (Å²) < 4.78 is 5.04. The second kappa shape index (κ2) is 4.13. The maximum absolute atomic E-state index is 8.66.